The van der Waals surface area contributed by atoms with Gasteiger partial charge in [-0.2, -0.15) is 0 Å². The molecule has 0 atom stereocenters. The van der Waals surface area contributed by atoms with Gasteiger partial charge in [-0.15, -0.1) is 0 Å². The van der Waals surface area contributed by atoms with Crippen LogP contribution in [0.4, 0.5) is 11.5 Å². The molecule has 6 heteroatoms. The number of nitrogens with one attached hydrogen (secondary N) is 1. The first kappa shape index (κ1) is 18.8. The third-order valence-corrected chi connectivity index (χ3v) is 4.95. The molecule has 2 heterocycles. The topological polar surface area (TPSA) is 42.7 Å². The zero-order valence-corrected chi connectivity index (χ0v) is 17.2. The molecule has 0 aliphatic carbocycles. The Labute approximate surface area is 174 Å². The second-order valence-corrected chi connectivity index (χ2v) is 7.96. The van der Waals surface area contributed by atoms with Crippen molar-refractivity contribution < 1.29 is 0 Å². The maximum absolute atomic E-state index is 6.53. The molecule has 0 amide bonds. The maximum atomic E-state index is 6.53. The zero-order chi connectivity index (χ0) is 19.7. The van der Waals surface area contributed by atoms with E-state index in [4.69, 9.17) is 28.2 Å². The van der Waals surface area contributed by atoms with Crippen LogP contribution in [0.1, 0.15) is 13.8 Å². The van der Waals surface area contributed by atoms with Crippen LogP contribution in [0.3, 0.4) is 0 Å². The molecular weight excluding hydrogens is 391 g/mol. The first-order chi connectivity index (χ1) is 13.5. The normalized spacial score (nSPS) is 11.3. The number of fused-ring (bicyclic) bond motifs is 1. The quantitative estimate of drug-likeness (QED) is 0.393. The molecule has 4 aromatic rings. The van der Waals surface area contributed by atoms with E-state index in [-0.39, 0.29) is 0 Å². The van der Waals surface area contributed by atoms with Crippen LogP contribution in [0, 0.1) is 5.92 Å². The maximum Gasteiger partial charge on any atom is 0.149 e. The van der Waals surface area contributed by atoms with Crippen molar-refractivity contribution in [1.82, 2.24) is 14.5 Å². The predicted octanol–water partition coefficient (Wildman–Crippen LogP) is 6.80. The molecule has 0 spiro atoms. The van der Waals surface area contributed by atoms with Gasteiger partial charge < -0.3 is 9.88 Å². The van der Waals surface area contributed by atoms with Crippen LogP contribution in [0.25, 0.3) is 22.4 Å². The molecule has 0 saturated carbocycles. The summed E-state index contributed by atoms with van der Waals surface area (Å²) in [6.45, 7) is 5.27. The van der Waals surface area contributed by atoms with E-state index in [9.17, 15) is 0 Å². The lowest BCUT2D eigenvalue weighted by Gasteiger charge is -2.13. The highest BCUT2D eigenvalue weighted by Crippen LogP contribution is 2.31. The lowest BCUT2D eigenvalue weighted by atomic mass is 10.2. The van der Waals surface area contributed by atoms with E-state index in [2.05, 4.69) is 34.8 Å². The Hall–Kier alpha value is -2.56. The number of halogens is 2. The van der Waals surface area contributed by atoms with Crippen LogP contribution in [0.5, 0.6) is 0 Å². The van der Waals surface area contributed by atoms with Crippen molar-refractivity contribution in [3.8, 4) is 11.4 Å². The van der Waals surface area contributed by atoms with Gasteiger partial charge in [0, 0.05) is 29.0 Å². The average Bonchev–Trinajstić information content (AvgIpc) is 3.03. The zero-order valence-electron chi connectivity index (χ0n) is 15.7. The average molecular weight is 411 g/mol. The fraction of sp³-hybridized carbons (Fsp3) is 0.182. The molecule has 1 N–H and O–H groups in total. The summed E-state index contributed by atoms with van der Waals surface area (Å²) in [5, 5.41) is 4.44. The summed E-state index contributed by atoms with van der Waals surface area (Å²) in [4.78, 5) is 9.36. The fourth-order valence-corrected chi connectivity index (χ4v) is 3.51. The second kappa shape index (κ2) is 7.82. The smallest absolute Gasteiger partial charge is 0.149 e. The molecule has 0 aliphatic rings. The van der Waals surface area contributed by atoms with Gasteiger partial charge in [0.1, 0.15) is 11.6 Å². The van der Waals surface area contributed by atoms with Crippen LogP contribution in [0.15, 0.2) is 60.8 Å². The van der Waals surface area contributed by atoms with Gasteiger partial charge >= 0.3 is 0 Å². The number of imidazole rings is 1. The van der Waals surface area contributed by atoms with Crippen molar-refractivity contribution in [2.45, 2.75) is 20.4 Å². The number of anilines is 2. The Kier molecular flexibility index (Phi) is 5.25. The number of nitrogens with zero attached hydrogens (tertiary/aromatic N) is 3. The molecule has 0 fully saturated rings. The summed E-state index contributed by atoms with van der Waals surface area (Å²) < 4.78 is 2.24. The van der Waals surface area contributed by atoms with Crippen molar-refractivity contribution in [2.24, 2.45) is 5.92 Å². The third-order valence-electron chi connectivity index (χ3n) is 4.41. The summed E-state index contributed by atoms with van der Waals surface area (Å²) in [5.74, 6) is 1.97. The molecule has 142 valence electrons. The Morgan fingerprint density at radius 1 is 1.04 bits per heavy atom. The van der Waals surface area contributed by atoms with Gasteiger partial charge in [-0.25, -0.2) is 9.97 Å². The molecule has 0 bridgehead atoms. The first-order valence-corrected chi connectivity index (χ1v) is 9.90. The number of pyridine rings is 1. The number of rotatable bonds is 5. The van der Waals surface area contributed by atoms with Gasteiger partial charge in [0.25, 0.3) is 0 Å². The summed E-state index contributed by atoms with van der Waals surface area (Å²) in [6, 6.07) is 17.5. The number of aromatic nitrogens is 3. The highest BCUT2D eigenvalue weighted by atomic mass is 35.5. The summed E-state index contributed by atoms with van der Waals surface area (Å²) in [5.41, 5.74) is 3.85. The first-order valence-electron chi connectivity index (χ1n) is 9.15. The van der Waals surface area contributed by atoms with Gasteiger partial charge in [0.2, 0.25) is 0 Å². The molecule has 0 saturated heterocycles. The molecule has 4 nitrogen and oxygen atoms in total. The molecule has 2 aromatic heterocycles. The van der Waals surface area contributed by atoms with Crippen molar-refractivity contribution in [1.29, 1.82) is 0 Å². The number of benzene rings is 2. The molecule has 2 aromatic carbocycles. The SMILES string of the molecule is CC(C)Cn1c(-c2cnc(Nc3ccc(Cl)cc3)c(Cl)c2)nc2ccccc21. The van der Waals surface area contributed by atoms with Crippen molar-refractivity contribution in [3.05, 3.63) is 70.8 Å². The van der Waals surface area contributed by atoms with Crippen molar-refractivity contribution in [3.63, 3.8) is 0 Å². The summed E-state index contributed by atoms with van der Waals surface area (Å²) >= 11 is 12.5. The highest BCUT2D eigenvalue weighted by molar-refractivity contribution is 6.33. The van der Waals surface area contributed by atoms with E-state index in [0.29, 0.717) is 21.8 Å². The lowest BCUT2D eigenvalue weighted by Crippen LogP contribution is -2.06. The van der Waals surface area contributed by atoms with E-state index in [1.165, 1.54) is 0 Å². The Morgan fingerprint density at radius 3 is 2.50 bits per heavy atom. The molecule has 0 radical (unpaired) electrons. The minimum atomic E-state index is 0.491. The van der Waals surface area contributed by atoms with Gasteiger partial charge in [0.05, 0.1) is 16.1 Å². The molecule has 28 heavy (non-hydrogen) atoms. The molecule has 0 aliphatic heterocycles. The summed E-state index contributed by atoms with van der Waals surface area (Å²) in [7, 11) is 0. The molecule has 4 rings (SSSR count). The predicted molar refractivity (Wildman–Crippen MR) is 118 cm³/mol. The monoisotopic (exact) mass is 410 g/mol. The van der Waals surface area contributed by atoms with Crippen molar-refractivity contribution >= 4 is 45.7 Å². The number of hydrogen-bond donors (Lipinski definition) is 1. The fourth-order valence-electron chi connectivity index (χ4n) is 3.17. The lowest BCUT2D eigenvalue weighted by molar-refractivity contribution is 0.536. The Bertz CT molecular complexity index is 1120. The largest absolute Gasteiger partial charge is 0.339 e. The van der Waals surface area contributed by atoms with Crippen LogP contribution in [0.2, 0.25) is 10.0 Å². The van der Waals surface area contributed by atoms with Crippen LogP contribution in [-0.2, 0) is 6.54 Å². The van der Waals surface area contributed by atoms with E-state index in [1.807, 2.05) is 54.7 Å². The molecule has 0 unspecified atom stereocenters. The van der Waals surface area contributed by atoms with E-state index in [1.54, 1.807) is 0 Å². The van der Waals surface area contributed by atoms with E-state index in [0.717, 1.165) is 34.7 Å². The second-order valence-electron chi connectivity index (χ2n) is 7.11. The van der Waals surface area contributed by atoms with Gasteiger partial charge in [-0.05, 0) is 48.4 Å². The third kappa shape index (κ3) is 3.84. The van der Waals surface area contributed by atoms with Crippen LogP contribution in [-0.4, -0.2) is 14.5 Å². The van der Waals surface area contributed by atoms with Gasteiger partial charge in [0.15, 0.2) is 0 Å². The minimum Gasteiger partial charge on any atom is -0.339 e. The van der Waals surface area contributed by atoms with Gasteiger partial charge in [-0.1, -0.05) is 49.2 Å². The highest BCUT2D eigenvalue weighted by Gasteiger charge is 2.15. The van der Waals surface area contributed by atoms with Gasteiger partial charge in [-0.3, -0.25) is 0 Å². The summed E-state index contributed by atoms with van der Waals surface area (Å²) in [6.07, 6.45) is 1.81. The Morgan fingerprint density at radius 2 is 1.79 bits per heavy atom. The number of hydrogen-bond acceptors (Lipinski definition) is 3. The minimum absolute atomic E-state index is 0.491. The van der Waals surface area contributed by atoms with Crippen LogP contribution >= 0.6 is 23.2 Å². The van der Waals surface area contributed by atoms with E-state index < -0.39 is 0 Å². The van der Waals surface area contributed by atoms with Crippen LogP contribution < -0.4 is 5.32 Å². The Balaban J connectivity index is 1.72. The number of para-hydroxylation sites is 2. The molecular formula is C22H20Cl2N4. The standard InChI is InChI=1S/C22H20Cl2N4/c1-14(2)13-28-20-6-4-3-5-19(20)27-22(28)15-11-18(24)21(25-12-15)26-17-9-7-16(23)8-10-17/h3-12,14H,13H2,1-2H3,(H,25,26). The van der Waals surface area contributed by atoms with E-state index >= 15 is 0 Å². The van der Waals surface area contributed by atoms with Crippen molar-refractivity contribution in [2.75, 3.05) is 5.32 Å².